The number of hydrogen-bond donors (Lipinski definition) is 1. The van der Waals surface area contributed by atoms with Crippen LogP contribution < -0.4 is 4.74 Å². The maximum atomic E-state index is 9.46. The first kappa shape index (κ1) is 21.5. The summed E-state index contributed by atoms with van der Waals surface area (Å²) in [5.41, 5.74) is 1.01. The van der Waals surface area contributed by atoms with Crippen LogP contribution in [0.15, 0.2) is 24.3 Å². The summed E-state index contributed by atoms with van der Waals surface area (Å²) in [4.78, 5) is 0. The van der Waals surface area contributed by atoms with Gasteiger partial charge in [-0.25, -0.2) is 0 Å². The smallest absolute Gasteiger partial charge is 0.163 e. The quantitative estimate of drug-likeness (QED) is 0.724. The number of methoxy groups -OCH3 is 1. The van der Waals surface area contributed by atoms with E-state index < -0.39 is 17.7 Å². The fourth-order valence-corrected chi connectivity index (χ4v) is 3.70. The highest BCUT2D eigenvalue weighted by atomic mass is 16.8. The van der Waals surface area contributed by atoms with E-state index >= 15 is 0 Å². The molecule has 0 aromatic heterocycles. The number of aliphatic hydroxyl groups excluding tert-OH is 1. The lowest BCUT2D eigenvalue weighted by molar-refractivity contribution is -0.190. The Hall–Kier alpha value is -1.22. The van der Waals surface area contributed by atoms with Crippen LogP contribution in [0, 0.1) is 0 Å². The molecule has 3 rings (SSSR count). The molecule has 1 N–H and O–H groups in total. The minimum absolute atomic E-state index is 0.0132. The van der Waals surface area contributed by atoms with Crippen LogP contribution in [-0.2, 0) is 30.3 Å². The molecule has 2 saturated heterocycles. The number of aliphatic hydroxyl groups is 1. The van der Waals surface area contributed by atoms with Crippen molar-refractivity contribution in [3.05, 3.63) is 29.8 Å². The van der Waals surface area contributed by atoms with Gasteiger partial charge in [-0.1, -0.05) is 12.1 Å². The molecular formula is C21H32O7. The summed E-state index contributed by atoms with van der Waals surface area (Å²) in [6, 6.07) is 7.73. The van der Waals surface area contributed by atoms with E-state index in [4.69, 9.17) is 28.4 Å². The first-order chi connectivity index (χ1) is 13.2. The highest BCUT2D eigenvalue weighted by molar-refractivity contribution is 5.26. The van der Waals surface area contributed by atoms with E-state index in [1.165, 1.54) is 0 Å². The molecule has 0 aliphatic carbocycles. The molecule has 2 aliphatic heterocycles. The summed E-state index contributed by atoms with van der Waals surface area (Å²) < 4.78 is 35.5. The Labute approximate surface area is 166 Å². The van der Waals surface area contributed by atoms with E-state index in [1.807, 2.05) is 52.0 Å². The third-order valence-corrected chi connectivity index (χ3v) is 4.96. The van der Waals surface area contributed by atoms with E-state index in [9.17, 15) is 5.11 Å². The Morgan fingerprint density at radius 2 is 1.79 bits per heavy atom. The lowest BCUT2D eigenvalue weighted by atomic mass is 10.0. The van der Waals surface area contributed by atoms with Crippen molar-refractivity contribution in [2.45, 2.75) is 76.7 Å². The highest BCUT2D eigenvalue weighted by Gasteiger charge is 2.50. The molecule has 0 saturated carbocycles. The summed E-state index contributed by atoms with van der Waals surface area (Å²) in [6.07, 6.45) is -0.886. The molecule has 0 spiro atoms. The van der Waals surface area contributed by atoms with Gasteiger partial charge in [0.05, 0.1) is 26.4 Å². The normalized spacial score (nSPS) is 29.7. The first-order valence-electron chi connectivity index (χ1n) is 9.76. The molecule has 2 aliphatic rings. The third-order valence-electron chi connectivity index (χ3n) is 4.96. The zero-order valence-corrected chi connectivity index (χ0v) is 17.3. The second-order valence-corrected chi connectivity index (χ2v) is 8.14. The molecule has 2 heterocycles. The second kappa shape index (κ2) is 8.65. The number of ether oxygens (including phenoxy) is 6. The van der Waals surface area contributed by atoms with Crippen LogP contribution in [-0.4, -0.2) is 61.4 Å². The Bertz CT molecular complexity index is 628. The second-order valence-electron chi connectivity index (χ2n) is 8.14. The van der Waals surface area contributed by atoms with Gasteiger partial charge in [-0.2, -0.15) is 0 Å². The van der Waals surface area contributed by atoms with Gasteiger partial charge in [0.15, 0.2) is 11.6 Å². The largest absolute Gasteiger partial charge is 0.497 e. The molecule has 4 atom stereocenters. The molecule has 7 heteroatoms. The Balaban J connectivity index is 1.76. The molecule has 28 heavy (non-hydrogen) atoms. The molecule has 158 valence electrons. The zero-order valence-electron chi connectivity index (χ0n) is 17.3. The lowest BCUT2D eigenvalue weighted by Gasteiger charge is -2.31. The summed E-state index contributed by atoms with van der Waals surface area (Å²) in [5.74, 6) is -0.624. The first-order valence-corrected chi connectivity index (χ1v) is 9.76. The van der Waals surface area contributed by atoms with Crippen molar-refractivity contribution >= 4 is 0 Å². The van der Waals surface area contributed by atoms with Gasteiger partial charge in [0.1, 0.15) is 24.1 Å². The van der Waals surface area contributed by atoms with Crippen molar-refractivity contribution in [3.63, 3.8) is 0 Å². The van der Waals surface area contributed by atoms with E-state index in [0.717, 1.165) is 11.3 Å². The molecular weight excluding hydrogens is 364 g/mol. The molecule has 7 nitrogen and oxygen atoms in total. The van der Waals surface area contributed by atoms with Gasteiger partial charge < -0.3 is 33.5 Å². The van der Waals surface area contributed by atoms with Crippen molar-refractivity contribution in [1.82, 2.24) is 0 Å². The lowest BCUT2D eigenvalue weighted by Crippen LogP contribution is -2.47. The van der Waals surface area contributed by atoms with Gasteiger partial charge in [-0.15, -0.1) is 0 Å². The standard InChI is InChI=1S/C21H32O7/c1-20(2)25-13-17(27-20)18(19-16(10-11-22)26-21(3,4)28-19)24-12-14-6-8-15(23-5)9-7-14/h6-9,16-19,22H,10-13H2,1-5H3/t16-,17-,18+,19-/m1/s1. The van der Waals surface area contributed by atoms with Gasteiger partial charge in [0, 0.05) is 6.61 Å². The van der Waals surface area contributed by atoms with Crippen molar-refractivity contribution in [2.75, 3.05) is 20.3 Å². The molecule has 1 aromatic carbocycles. The van der Waals surface area contributed by atoms with Gasteiger partial charge in [0.25, 0.3) is 0 Å². The van der Waals surface area contributed by atoms with E-state index in [-0.39, 0.29) is 24.9 Å². The molecule has 2 fully saturated rings. The summed E-state index contributed by atoms with van der Waals surface area (Å²) in [5, 5.41) is 9.46. The fourth-order valence-electron chi connectivity index (χ4n) is 3.70. The number of benzene rings is 1. The van der Waals surface area contributed by atoms with E-state index in [2.05, 4.69) is 0 Å². The van der Waals surface area contributed by atoms with Gasteiger partial charge in [-0.3, -0.25) is 0 Å². The summed E-state index contributed by atoms with van der Waals surface area (Å²) in [7, 11) is 1.64. The molecule has 0 bridgehead atoms. The monoisotopic (exact) mass is 396 g/mol. The average molecular weight is 396 g/mol. The van der Waals surface area contributed by atoms with Crippen LogP contribution in [0.1, 0.15) is 39.7 Å². The predicted molar refractivity (Wildman–Crippen MR) is 102 cm³/mol. The minimum Gasteiger partial charge on any atom is -0.497 e. The van der Waals surface area contributed by atoms with Crippen LogP contribution in [0.5, 0.6) is 5.75 Å². The van der Waals surface area contributed by atoms with Crippen LogP contribution >= 0.6 is 0 Å². The van der Waals surface area contributed by atoms with Crippen LogP contribution in [0.3, 0.4) is 0 Å². The highest BCUT2D eigenvalue weighted by Crippen LogP contribution is 2.37. The average Bonchev–Trinajstić information content (AvgIpc) is 3.14. The molecule has 0 amide bonds. The van der Waals surface area contributed by atoms with Crippen molar-refractivity contribution in [2.24, 2.45) is 0 Å². The third kappa shape index (κ3) is 5.23. The van der Waals surface area contributed by atoms with Gasteiger partial charge in [0.2, 0.25) is 0 Å². The SMILES string of the molecule is COc1ccc(CO[C@H]([C@@H]2OC(C)(C)O[C@@H]2CCO)[C@H]2COC(C)(C)O2)cc1. The Morgan fingerprint density at radius 3 is 2.36 bits per heavy atom. The predicted octanol–water partition coefficient (Wildman–Crippen LogP) is 2.63. The molecule has 0 unspecified atom stereocenters. The van der Waals surface area contributed by atoms with Crippen molar-refractivity contribution in [1.29, 1.82) is 0 Å². The number of hydrogen-bond acceptors (Lipinski definition) is 7. The topological polar surface area (TPSA) is 75.6 Å². The maximum Gasteiger partial charge on any atom is 0.163 e. The summed E-state index contributed by atoms with van der Waals surface area (Å²) in [6.45, 7) is 8.32. The maximum absolute atomic E-state index is 9.46. The van der Waals surface area contributed by atoms with Crippen molar-refractivity contribution < 1.29 is 33.5 Å². The number of rotatable bonds is 8. The van der Waals surface area contributed by atoms with Crippen LogP contribution in [0.4, 0.5) is 0 Å². The zero-order chi connectivity index (χ0) is 20.4. The van der Waals surface area contributed by atoms with E-state index in [0.29, 0.717) is 19.6 Å². The van der Waals surface area contributed by atoms with E-state index in [1.54, 1.807) is 7.11 Å². The van der Waals surface area contributed by atoms with Crippen LogP contribution in [0.25, 0.3) is 0 Å². The molecule has 0 radical (unpaired) electrons. The Morgan fingerprint density at radius 1 is 1.07 bits per heavy atom. The molecule has 1 aromatic rings. The van der Waals surface area contributed by atoms with Gasteiger partial charge in [-0.05, 0) is 51.8 Å². The van der Waals surface area contributed by atoms with Crippen LogP contribution in [0.2, 0.25) is 0 Å². The fraction of sp³-hybridized carbons (Fsp3) is 0.714. The minimum atomic E-state index is -0.749. The summed E-state index contributed by atoms with van der Waals surface area (Å²) >= 11 is 0. The Kier molecular flexibility index (Phi) is 6.64. The van der Waals surface area contributed by atoms with Gasteiger partial charge >= 0.3 is 0 Å². The van der Waals surface area contributed by atoms with Crippen molar-refractivity contribution in [3.8, 4) is 5.75 Å².